The Morgan fingerprint density at radius 3 is 2.67 bits per heavy atom. The van der Waals surface area contributed by atoms with Gasteiger partial charge in [-0.1, -0.05) is 30.3 Å². The molecular formula is C18H19N3O3. The van der Waals surface area contributed by atoms with E-state index in [9.17, 15) is 9.59 Å². The molecule has 0 atom stereocenters. The summed E-state index contributed by atoms with van der Waals surface area (Å²) in [5, 5.41) is 5.42. The van der Waals surface area contributed by atoms with Crippen molar-refractivity contribution >= 4 is 22.9 Å². The Kier molecular flexibility index (Phi) is 4.65. The molecule has 6 heteroatoms. The summed E-state index contributed by atoms with van der Waals surface area (Å²) in [5.74, 6) is -0.515. The number of furan rings is 1. The third-order valence-electron chi connectivity index (χ3n) is 3.88. The topological polar surface area (TPSA) is 76.3 Å². The minimum absolute atomic E-state index is 0.0554. The molecule has 2 amide bonds. The highest BCUT2D eigenvalue weighted by Gasteiger charge is 2.15. The van der Waals surface area contributed by atoms with E-state index in [4.69, 9.17) is 4.42 Å². The lowest BCUT2D eigenvalue weighted by Gasteiger charge is -2.08. The number of carbonyl (C=O) groups is 2. The van der Waals surface area contributed by atoms with E-state index in [1.807, 2.05) is 30.3 Å². The van der Waals surface area contributed by atoms with E-state index in [-0.39, 0.29) is 18.4 Å². The van der Waals surface area contributed by atoms with Crippen LogP contribution in [0.25, 0.3) is 11.1 Å². The van der Waals surface area contributed by atoms with Gasteiger partial charge in [-0.2, -0.15) is 0 Å². The van der Waals surface area contributed by atoms with Gasteiger partial charge in [-0.15, -0.1) is 0 Å². The van der Waals surface area contributed by atoms with E-state index >= 15 is 0 Å². The van der Waals surface area contributed by atoms with Gasteiger partial charge >= 0.3 is 0 Å². The first-order valence-electron chi connectivity index (χ1n) is 7.77. The maximum Gasteiger partial charge on any atom is 0.268 e. The Bertz CT molecular complexity index is 849. The van der Waals surface area contributed by atoms with Crippen molar-refractivity contribution in [1.29, 1.82) is 0 Å². The monoisotopic (exact) mass is 325 g/mol. The van der Waals surface area contributed by atoms with Crippen LogP contribution in [0, 0.1) is 0 Å². The third-order valence-corrected chi connectivity index (χ3v) is 3.88. The Balaban J connectivity index is 1.46. The molecule has 0 aliphatic rings. The van der Waals surface area contributed by atoms with Gasteiger partial charge in [-0.3, -0.25) is 9.59 Å². The molecule has 3 aromatic rings. The van der Waals surface area contributed by atoms with Gasteiger partial charge in [0.2, 0.25) is 5.91 Å². The third kappa shape index (κ3) is 3.48. The molecule has 124 valence electrons. The fraction of sp³-hybridized carbons (Fsp3) is 0.222. The zero-order valence-corrected chi connectivity index (χ0v) is 13.4. The molecular weight excluding hydrogens is 306 g/mol. The number of nitrogens with one attached hydrogen (secondary N) is 2. The summed E-state index contributed by atoms with van der Waals surface area (Å²) < 4.78 is 7.01. The maximum atomic E-state index is 12.2. The number of aryl methyl sites for hydroxylation is 1. The van der Waals surface area contributed by atoms with Crippen molar-refractivity contribution in [2.24, 2.45) is 7.05 Å². The molecule has 0 saturated heterocycles. The lowest BCUT2D eigenvalue weighted by atomic mass is 10.1. The molecule has 2 N–H and O–H groups in total. The molecule has 0 aliphatic carbocycles. The number of aromatic nitrogens is 1. The van der Waals surface area contributed by atoms with Crippen molar-refractivity contribution in [1.82, 2.24) is 15.2 Å². The van der Waals surface area contributed by atoms with Crippen LogP contribution in [-0.4, -0.2) is 29.5 Å². The highest BCUT2D eigenvalue weighted by Crippen LogP contribution is 2.19. The number of hydrogen-bond donors (Lipinski definition) is 2. The molecule has 0 spiro atoms. The SMILES string of the molecule is Cn1c(C(=O)NCC(=O)NCCc2ccccc2)cc2occc21. The van der Waals surface area contributed by atoms with Crippen molar-refractivity contribution in [3.8, 4) is 0 Å². The molecule has 0 bridgehead atoms. The van der Waals surface area contributed by atoms with Gasteiger partial charge < -0.3 is 19.6 Å². The zero-order valence-electron chi connectivity index (χ0n) is 13.4. The maximum absolute atomic E-state index is 12.2. The van der Waals surface area contributed by atoms with E-state index in [1.165, 1.54) is 0 Å². The molecule has 0 fully saturated rings. The van der Waals surface area contributed by atoms with E-state index in [0.29, 0.717) is 17.8 Å². The predicted molar refractivity (Wildman–Crippen MR) is 90.7 cm³/mol. The molecule has 24 heavy (non-hydrogen) atoms. The van der Waals surface area contributed by atoms with E-state index in [0.717, 1.165) is 17.5 Å². The number of amides is 2. The highest BCUT2D eigenvalue weighted by molar-refractivity contribution is 5.99. The largest absolute Gasteiger partial charge is 0.463 e. The summed E-state index contributed by atoms with van der Waals surface area (Å²) in [6.07, 6.45) is 2.33. The second-order valence-electron chi connectivity index (χ2n) is 5.53. The van der Waals surface area contributed by atoms with Crippen molar-refractivity contribution in [3.05, 3.63) is 60.0 Å². The highest BCUT2D eigenvalue weighted by atomic mass is 16.3. The van der Waals surface area contributed by atoms with Crippen LogP contribution < -0.4 is 10.6 Å². The second kappa shape index (κ2) is 7.04. The Labute approximate surface area is 139 Å². The minimum Gasteiger partial charge on any atom is -0.463 e. The number of rotatable bonds is 6. The first-order valence-corrected chi connectivity index (χ1v) is 7.77. The average Bonchev–Trinajstić information content (AvgIpc) is 3.17. The molecule has 6 nitrogen and oxygen atoms in total. The van der Waals surface area contributed by atoms with Crippen LogP contribution in [0.2, 0.25) is 0 Å². The van der Waals surface area contributed by atoms with Crippen LogP contribution in [0.15, 0.2) is 53.1 Å². The van der Waals surface area contributed by atoms with Crippen molar-refractivity contribution in [3.63, 3.8) is 0 Å². The molecule has 2 aromatic heterocycles. The Morgan fingerprint density at radius 2 is 1.92 bits per heavy atom. The molecule has 0 aliphatic heterocycles. The minimum atomic E-state index is -0.304. The second-order valence-corrected chi connectivity index (χ2v) is 5.53. The van der Waals surface area contributed by atoms with Gasteiger partial charge in [0, 0.05) is 25.7 Å². The molecule has 2 heterocycles. The quantitative estimate of drug-likeness (QED) is 0.726. The normalized spacial score (nSPS) is 10.7. The van der Waals surface area contributed by atoms with Crippen LogP contribution in [0.1, 0.15) is 16.1 Å². The number of hydrogen-bond acceptors (Lipinski definition) is 3. The first-order chi connectivity index (χ1) is 11.6. The molecule has 1 aromatic carbocycles. The number of nitrogens with zero attached hydrogens (tertiary/aromatic N) is 1. The summed E-state index contributed by atoms with van der Waals surface area (Å²) in [5.41, 5.74) is 3.11. The Hall–Kier alpha value is -3.02. The van der Waals surface area contributed by atoms with Crippen LogP contribution in [0.5, 0.6) is 0 Å². The summed E-state index contributed by atoms with van der Waals surface area (Å²) in [7, 11) is 1.78. The van der Waals surface area contributed by atoms with Crippen molar-refractivity contribution in [2.75, 3.05) is 13.1 Å². The van der Waals surface area contributed by atoms with Crippen LogP contribution in [0.4, 0.5) is 0 Å². The van der Waals surface area contributed by atoms with Crippen LogP contribution in [-0.2, 0) is 18.3 Å². The van der Waals surface area contributed by atoms with Gasteiger partial charge in [-0.05, 0) is 12.0 Å². The lowest BCUT2D eigenvalue weighted by Crippen LogP contribution is -2.38. The molecule has 3 rings (SSSR count). The van der Waals surface area contributed by atoms with Gasteiger partial charge in [0.25, 0.3) is 5.91 Å². The Morgan fingerprint density at radius 1 is 1.12 bits per heavy atom. The predicted octanol–water partition coefficient (Wildman–Crippen LogP) is 1.86. The van der Waals surface area contributed by atoms with Gasteiger partial charge in [-0.25, -0.2) is 0 Å². The number of carbonyl (C=O) groups excluding carboxylic acids is 2. The lowest BCUT2D eigenvalue weighted by molar-refractivity contribution is -0.120. The smallest absolute Gasteiger partial charge is 0.268 e. The summed E-state index contributed by atoms with van der Waals surface area (Å²) in [6.45, 7) is 0.482. The fourth-order valence-electron chi connectivity index (χ4n) is 2.57. The van der Waals surface area contributed by atoms with Crippen LogP contribution in [0.3, 0.4) is 0 Å². The van der Waals surface area contributed by atoms with E-state index < -0.39 is 0 Å². The first kappa shape index (κ1) is 15.9. The average molecular weight is 325 g/mol. The molecule has 0 unspecified atom stereocenters. The van der Waals surface area contributed by atoms with Crippen molar-refractivity contribution in [2.45, 2.75) is 6.42 Å². The zero-order chi connectivity index (χ0) is 16.9. The standard InChI is InChI=1S/C18H19N3O3/c1-21-14-8-10-24-16(14)11-15(21)18(23)20-12-17(22)19-9-7-13-5-3-2-4-6-13/h2-6,8,10-11H,7,9,12H2,1H3,(H,19,22)(H,20,23). The van der Waals surface area contributed by atoms with Gasteiger partial charge in [0.15, 0.2) is 5.58 Å². The number of fused-ring (bicyclic) bond motifs is 1. The van der Waals surface area contributed by atoms with Gasteiger partial charge in [0.1, 0.15) is 5.69 Å². The summed E-state index contributed by atoms with van der Waals surface area (Å²) in [4.78, 5) is 24.0. The molecule has 0 radical (unpaired) electrons. The van der Waals surface area contributed by atoms with Gasteiger partial charge in [0.05, 0.1) is 18.3 Å². The van der Waals surface area contributed by atoms with E-state index in [1.54, 1.807) is 30.0 Å². The molecule has 0 saturated carbocycles. The summed E-state index contributed by atoms with van der Waals surface area (Å²) >= 11 is 0. The fourth-order valence-corrected chi connectivity index (χ4v) is 2.57. The van der Waals surface area contributed by atoms with Crippen LogP contribution >= 0.6 is 0 Å². The summed E-state index contributed by atoms with van der Waals surface area (Å²) in [6, 6.07) is 13.4. The number of benzene rings is 1. The van der Waals surface area contributed by atoms with Crippen molar-refractivity contribution < 1.29 is 14.0 Å². The van der Waals surface area contributed by atoms with E-state index in [2.05, 4.69) is 10.6 Å².